The molecule has 0 atom stereocenters. The van der Waals surface area contributed by atoms with Crippen LogP contribution in [0, 0.1) is 13.8 Å². The van der Waals surface area contributed by atoms with Gasteiger partial charge >= 0.3 is 6.03 Å². The average Bonchev–Trinajstić information content (AvgIpc) is 3.21. The number of nitrogens with zero attached hydrogens (tertiary/aromatic N) is 2. The predicted octanol–water partition coefficient (Wildman–Crippen LogP) is 4.18. The van der Waals surface area contributed by atoms with Gasteiger partial charge in [0.05, 0.1) is 0 Å². The molecule has 0 radical (unpaired) electrons. The zero-order chi connectivity index (χ0) is 21.8. The van der Waals surface area contributed by atoms with Gasteiger partial charge in [0.25, 0.3) is 0 Å². The molecule has 0 bridgehead atoms. The highest BCUT2D eigenvalue weighted by Crippen LogP contribution is 2.24. The van der Waals surface area contributed by atoms with Crippen LogP contribution in [0.25, 0.3) is 0 Å². The van der Waals surface area contributed by atoms with Crippen molar-refractivity contribution < 1.29 is 14.3 Å². The van der Waals surface area contributed by atoms with Crippen molar-refractivity contribution in [3.05, 3.63) is 59.2 Å². The summed E-state index contributed by atoms with van der Waals surface area (Å²) in [5.41, 5.74) is 4.25. The molecule has 6 heteroatoms. The summed E-state index contributed by atoms with van der Waals surface area (Å²) in [6.07, 6.45) is 3.31. The van der Waals surface area contributed by atoms with Gasteiger partial charge in [-0.2, -0.15) is 0 Å². The van der Waals surface area contributed by atoms with Gasteiger partial charge in [-0.1, -0.05) is 24.3 Å². The van der Waals surface area contributed by atoms with Crippen LogP contribution in [0.3, 0.4) is 0 Å². The normalized spacial score (nSPS) is 17.2. The fraction of sp³-hybridized carbons (Fsp3) is 0.440. The maximum absolute atomic E-state index is 12.6. The number of likely N-dealkylation sites (tertiary alicyclic amines) is 1. The van der Waals surface area contributed by atoms with Crippen molar-refractivity contribution in [2.45, 2.75) is 52.2 Å². The summed E-state index contributed by atoms with van der Waals surface area (Å²) in [7, 11) is 0. The van der Waals surface area contributed by atoms with Crippen LogP contribution in [-0.2, 0) is 11.3 Å². The quantitative estimate of drug-likeness (QED) is 0.788. The molecular weight excluding hydrogens is 390 g/mol. The number of ether oxygens (including phenoxy) is 1. The molecule has 2 heterocycles. The highest BCUT2D eigenvalue weighted by atomic mass is 16.5. The van der Waals surface area contributed by atoms with Gasteiger partial charge < -0.3 is 19.9 Å². The van der Waals surface area contributed by atoms with Gasteiger partial charge in [0.1, 0.15) is 11.9 Å². The number of hydrogen-bond acceptors (Lipinski definition) is 3. The molecule has 1 N–H and O–H groups in total. The lowest BCUT2D eigenvalue weighted by Crippen LogP contribution is -2.46. The number of carbonyl (C=O) groups excluding carboxylic acids is 2. The molecule has 2 aromatic rings. The number of hydrogen-bond donors (Lipinski definition) is 1. The van der Waals surface area contributed by atoms with Crippen LogP contribution < -0.4 is 15.0 Å². The molecule has 0 unspecified atom stereocenters. The fourth-order valence-corrected chi connectivity index (χ4v) is 4.24. The highest BCUT2D eigenvalue weighted by Gasteiger charge is 2.25. The van der Waals surface area contributed by atoms with E-state index in [0.29, 0.717) is 26.1 Å². The number of piperidine rings is 1. The number of anilines is 1. The number of carbonyl (C=O) groups is 2. The van der Waals surface area contributed by atoms with E-state index in [-0.39, 0.29) is 18.0 Å². The molecule has 6 nitrogen and oxygen atoms in total. The van der Waals surface area contributed by atoms with Gasteiger partial charge in [0, 0.05) is 51.1 Å². The molecule has 2 saturated heterocycles. The van der Waals surface area contributed by atoms with E-state index in [1.807, 2.05) is 34.1 Å². The Hall–Kier alpha value is -3.02. The van der Waals surface area contributed by atoms with Gasteiger partial charge in [-0.05, 0) is 55.2 Å². The monoisotopic (exact) mass is 421 g/mol. The molecular formula is C25H31N3O3. The van der Waals surface area contributed by atoms with E-state index in [9.17, 15) is 9.59 Å². The molecule has 2 aliphatic rings. The Morgan fingerprint density at radius 1 is 1.10 bits per heavy atom. The van der Waals surface area contributed by atoms with Crippen LogP contribution in [0.2, 0.25) is 0 Å². The Labute approximate surface area is 184 Å². The maximum atomic E-state index is 12.6. The number of urea groups is 1. The van der Waals surface area contributed by atoms with Crippen molar-refractivity contribution in [3.8, 4) is 5.75 Å². The first kappa shape index (κ1) is 21.2. The molecule has 164 valence electrons. The second-order valence-electron chi connectivity index (χ2n) is 8.55. The Morgan fingerprint density at radius 2 is 1.90 bits per heavy atom. The smallest absolute Gasteiger partial charge is 0.317 e. The van der Waals surface area contributed by atoms with Gasteiger partial charge in [-0.25, -0.2) is 4.79 Å². The minimum atomic E-state index is -0.0483. The summed E-state index contributed by atoms with van der Waals surface area (Å²) < 4.78 is 6.20. The fourth-order valence-electron chi connectivity index (χ4n) is 4.24. The Kier molecular flexibility index (Phi) is 6.44. The number of rotatable bonds is 5. The number of nitrogens with one attached hydrogen (secondary N) is 1. The second kappa shape index (κ2) is 9.41. The van der Waals surface area contributed by atoms with Crippen molar-refractivity contribution in [1.82, 2.24) is 10.2 Å². The first-order valence-electron chi connectivity index (χ1n) is 11.2. The molecule has 31 heavy (non-hydrogen) atoms. The third-order valence-corrected chi connectivity index (χ3v) is 6.11. The van der Waals surface area contributed by atoms with E-state index in [2.05, 4.69) is 37.4 Å². The van der Waals surface area contributed by atoms with E-state index < -0.39 is 0 Å². The van der Waals surface area contributed by atoms with Crippen molar-refractivity contribution >= 4 is 17.6 Å². The number of aryl methyl sites for hydroxylation is 2. The summed E-state index contributed by atoms with van der Waals surface area (Å²) in [5.74, 6) is 1.12. The van der Waals surface area contributed by atoms with E-state index in [1.54, 1.807) is 0 Å². The molecule has 4 rings (SSSR count). The zero-order valence-corrected chi connectivity index (χ0v) is 18.4. The topological polar surface area (TPSA) is 61.9 Å². The zero-order valence-electron chi connectivity index (χ0n) is 18.4. The Balaban J connectivity index is 1.26. The molecule has 0 aromatic heterocycles. The van der Waals surface area contributed by atoms with E-state index in [1.165, 1.54) is 5.56 Å². The summed E-state index contributed by atoms with van der Waals surface area (Å²) in [6, 6.07) is 14.1. The van der Waals surface area contributed by atoms with Gasteiger partial charge in [0.2, 0.25) is 5.91 Å². The van der Waals surface area contributed by atoms with Gasteiger partial charge in [-0.3, -0.25) is 4.79 Å². The minimum Gasteiger partial charge on any atom is -0.490 e. The maximum Gasteiger partial charge on any atom is 0.317 e. The predicted molar refractivity (Wildman–Crippen MR) is 121 cm³/mol. The average molecular weight is 422 g/mol. The van der Waals surface area contributed by atoms with E-state index >= 15 is 0 Å². The van der Waals surface area contributed by atoms with Crippen LogP contribution in [0.1, 0.15) is 42.4 Å². The Morgan fingerprint density at radius 3 is 2.65 bits per heavy atom. The summed E-state index contributed by atoms with van der Waals surface area (Å²) in [6.45, 7) is 6.72. The lowest BCUT2D eigenvalue weighted by molar-refractivity contribution is -0.117. The molecule has 2 aromatic carbocycles. The summed E-state index contributed by atoms with van der Waals surface area (Å²) in [4.78, 5) is 28.3. The molecule has 2 aliphatic heterocycles. The highest BCUT2D eigenvalue weighted by molar-refractivity contribution is 5.95. The summed E-state index contributed by atoms with van der Waals surface area (Å²) >= 11 is 0. The van der Waals surface area contributed by atoms with Crippen LogP contribution in [0.4, 0.5) is 10.5 Å². The largest absolute Gasteiger partial charge is 0.490 e. The molecule has 0 spiro atoms. The van der Waals surface area contributed by atoms with Crippen LogP contribution >= 0.6 is 0 Å². The van der Waals surface area contributed by atoms with Crippen LogP contribution in [-0.4, -0.2) is 42.6 Å². The van der Waals surface area contributed by atoms with E-state index in [4.69, 9.17) is 4.74 Å². The van der Waals surface area contributed by atoms with Gasteiger partial charge in [-0.15, -0.1) is 0 Å². The third-order valence-electron chi connectivity index (χ3n) is 6.11. The second-order valence-corrected chi connectivity index (χ2v) is 8.55. The van der Waals surface area contributed by atoms with Crippen molar-refractivity contribution in [2.24, 2.45) is 0 Å². The molecule has 2 fully saturated rings. The molecule has 0 saturated carbocycles. The molecule has 3 amide bonds. The van der Waals surface area contributed by atoms with Crippen molar-refractivity contribution in [3.63, 3.8) is 0 Å². The van der Waals surface area contributed by atoms with E-state index in [0.717, 1.165) is 48.4 Å². The summed E-state index contributed by atoms with van der Waals surface area (Å²) in [5, 5.41) is 3.02. The van der Waals surface area contributed by atoms with Crippen molar-refractivity contribution in [2.75, 3.05) is 24.5 Å². The first-order valence-corrected chi connectivity index (χ1v) is 11.2. The van der Waals surface area contributed by atoms with Crippen LogP contribution in [0.15, 0.2) is 42.5 Å². The SMILES string of the molecule is Cc1ccc(C)c(OC2CCN(C(=O)NCc3cccc(N4CCCC4=O)c3)CC2)c1. The Bertz CT molecular complexity index is 951. The molecule has 0 aliphatic carbocycles. The van der Waals surface area contributed by atoms with Gasteiger partial charge in [0.15, 0.2) is 0 Å². The number of amides is 3. The lowest BCUT2D eigenvalue weighted by atomic mass is 10.1. The number of benzene rings is 2. The van der Waals surface area contributed by atoms with Crippen LogP contribution in [0.5, 0.6) is 5.75 Å². The first-order chi connectivity index (χ1) is 15.0. The lowest BCUT2D eigenvalue weighted by Gasteiger charge is -2.32. The third kappa shape index (κ3) is 5.19. The minimum absolute atomic E-state index is 0.0483. The van der Waals surface area contributed by atoms with Crippen molar-refractivity contribution in [1.29, 1.82) is 0 Å². The standard InChI is InChI=1S/C25H31N3O3/c1-18-8-9-19(2)23(15-18)31-22-10-13-27(14-11-22)25(30)26-17-20-5-3-6-21(16-20)28-12-4-7-24(28)29/h3,5-6,8-9,15-16,22H,4,7,10-14,17H2,1-2H3,(H,26,30).